The van der Waals surface area contributed by atoms with Gasteiger partial charge in [0.2, 0.25) is 0 Å². The molecule has 1 N–H and O–H groups in total. The Labute approximate surface area is 162 Å². The van der Waals surface area contributed by atoms with Gasteiger partial charge in [0.05, 0.1) is 5.75 Å². The molecule has 0 heterocycles. The summed E-state index contributed by atoms with van der Waals surface area (Å²) in [6.45, 7) is 3.57. The third-order valence-electron chi connectivity index (χ3n) is 4.16. The lowest BCUT2D eigenvalue weighted by Gasteiger charge is -2.15. The van der Waals surface area contributed by atoms with Crippen molar-refractivity contribution >= 4 is 40.1 Å². The predicted molar refractivity (Wildman–Crippen MR) is 110 cm³/mol. The molecule has 3 rings (SSSR count). The normalized spacial score (nSPS) is 11.8. The van der Waals surface area contributed by atoms with Crippen LogP contribution in [0.3, 0.4) is 0 Å². The fourth-order valence-corrected chi connectivity index (χ4v) is 3.52. The van der Waals surface area contributed by atoms with Gasteiger partial charge in [0.15, 0.2) is 6.10 Å². The molecule has 0 aliphatic carbocycles. The maximum absolute atomic E-state index is 12.4. The molecule has 0 aromatic heterocycles. The summed E-state index contributed by atoms with van der Waals surface area (Å²) in [7, 11) is 0. The number of aryl methyl sites for hydroxylation is 1. The van der Waals surface area contributed by atoms with Crippen LogP contribution >= 0.6 is 11.8 Å². The Bertz CT molecular complexity index is 965. The Kier molecular flexibility index (Phi) is 6.14. The Hall–Kier alpha value is -2.79. The molecule has 4 nitrogen and oxygen atoms in total. The SMILES string of the molecule is Cc1ccccc1SCC(=O)O[C@@H](C)C(=O)Nc1cccc2ccccc12. The third-order valence-corrected chi connectivity index (χ3v) is 5.31. The van der Waals surface area contributed by atoms with Crippen LogP contribution in [-0.2, 0) is 14.3 Å². The van der Waals surface area contributed by atoms with E-state index in [1.807, 2.05) is 73.7 Å². The van der Waals surface area contributed by atoms with Gasteiger partial charge in [-0.25, -0.2) is 0 Å². The number of rotatable bonds is 6. The molecular weight excluding hydrogens is 358 g/mol. The second kappa shape index (κ2) is 8.73. The zero-order valence-corrected chi connectivity index (χ0v) is 16.1. The molecule has 0 unspecified atom stereocenters. The number of esters is 1. The van der Waals surface area contributed by atoms with Crippen LogP contribution in [0, 0.1) is 6.92 Å². The smallest absolute Gasteiger partial charge is 0.317 e. The first-order chi connectivity index (χ1) is 13.0. The lowest BCUT2D eigenvalue weighted by molar-refractivity contribution is -0.150. The largest absolute Gasteiger partial charge is 0.452 e. The van der Waals surface area contributed by atoms with Crippen LogP contribution in [0.15, 0.2) is 71.6 Å². The first-order valence-electron chi connectivity index (χ1n) is 8.71. The van der Waals surface area contributed by atoms with Crippen LogP contribution < -0.4 is 5.32 Å². The van der Waals surface area contributed by atoms with Crippen LogP contribution in [0.4, 0.5) is 5.69 Å². The minimum Gasteiger partial charge on any atom is -0.452 e. The number of nitrogens with one attached hydrogen (secondary N) is 1. The second-order valence-electron chi connectivity index (χ2n) is 6.20. The van der Waals surface area contributed by atoms with Crippen molar-refractivity contribution in [1.82, 2.24) is 0 Å². The van der Waals surface area contributed by atoms with Crippen LogP contribution in [0.1, 0.15) is 12.5 Å². The highest BCUT2D eigenvalue weighted by Crippen LogP contribution is 2.24. The summed E-state index contributed by atoms with van der Waals surface area (Å²) in [5.74, 6) is -0.596. The fraction of sp³-hybridized carbons (Fsp3) is 0.182. The summed E-state index contributed by atoms with van der Waals surface area (Å²) in [5.41, 5.74) is 1.81. The number of ether oxygens (including phenoxy) is 1. The van der Waals surface area contributed by atoms with Gasteiger partial charge in [0.25, 0.3) is 5.91 Å². The second-order valence-corrected chi connectivity index (χ2v) is 7.22. The van der Waals surface area contributed by atoms with E-state index < -0.39 is 12.1 Å². The minimum absolute atomic E-state index is 0.163. The highest BCUT2D eigenvalue weighted by molar-refractivity contribution is 8.00. The van der Waals surface area contributed by atoms with E-state index in [1.54, 1.807) is 6.92 Å². The molecule has 0 saturated carbocycles. The summed E-state index contributed by atoms with van der Waals surface area (Å²) >= 11 is 1.41. The van der Waals surface area contributed by atoms with Gasteiger partial charge in [-0.3, -0.25) is 9.59 Å². The van der Waals surface area contributed by atoms with Crippen LogP contribution in [-0.4, -0.2) is 23.7 Å². The third kappa shape index (κ3) is 4.89. The standard InChI is InChI=1S/C22H21NO3S/c1-15-8-3-6-13-20(15)27-14-21(24)26-16(2)22(25)23-19-12-7-10-17-9-4-5-11-18(17)19/h3-13,16H,14H2,1-2H3,(H,23,25)/t16-/m0/s1. The maximum atomic E-state index is 12.4. The molecule has 27 heavy (non-hydrogen) atoms. The number of carbonyl (C=O) groups is 2. The highest BCUT2D eigenvalue weighted by atomic mass is 32.2. The number of amides is 1. The molecule has 3 aromatic carbocycles. The molecule has 0 aliphatic heterocycles. The van der Waals surface area contributed by atoms with Crippen molar-refractivity contribution in [2.45, 2.75) is 24.8 Å². The molecule has 3 aromatic rings. The van der Waals surface area contributed by atoms with Crippen molar-refractivity contribution in [3.8, 4) is 0 Å². The summed E-state index contributed by atoms with van der Waals surface area (Å²) < 4.78 is 5.29. The quantitative estimate of drug-likeness (QED) is 0.493. The molecule has 1 amide bonds. The zero-order valence-electron chi connectivity index (χ0n) is 15.3. The molecule has 138 valence electrons. The molecule has 0 radical (unpaired) electrons. The van der Waals surface area contributed by atoms with Crippen molar-refractivity contribution < 1.29 is 14.3 Å². The summed E-state index contributed by atoms with van der Waals surface area (Å²) in [5, 5.41) is 4.83. The molecule has 0 spiro atoms. The average Bonchev–Trinajstić information content (AvgIpc) is 2.67. The van der Waals surface area contributed by atoms with Crippen molar-refractivity contribution in [2.75, 3.05) is 11.1 Å². The number of carbonyl (C=O) groups excluding carboxylic acids is 2. The Morgan fingerprint density at radius 2 is 1.70 bits per heavy atom. The van der Waals surface area contributed by atoms with Gasteiger partial charge in [-0.1, -0.05) is 54.6 Å². The first kappa shape index (κ1) is 19.0. The fourth-order valence-electron chi connectivity index (χ4n) is 2.71. The molecule has 0 aliphatic rings. The molecule has 0 saturated heterocycles. The van der Waals surface area contributed by atoms with Crippen molar-refractivity contribution in [2.24, 2.45) is 0 Å². The predicted octanol–water partition coefficient (Wildman–Crippen LogP) is 4.81. The van der Waals surface area contributed by atoms with Crippen molar-refractivity contribution in [3.63, 3.8) is 0 Å². The minimum atomic E-state index is -0.867. The van der Waals surface area contributed by atoms with E-state index in [4.69, 9.17) is 4.74 Å². The number of anilines is 1. The van der Waals surface area contributed by atoms with Gasteiger partial charge < -0.3 is 10.1 Å². The van der Waals surface area contributed by atoms with E-state index in [1.165, 1.54) is 11.8 Å². The molecule has 0 bridgehead atoms. The van der Waals surface area contributed by atoms with Gasteiger partial charge in [-0.05, 0) is 36.9 Å². The van der Waals surface area contributed by atoms with Gasteiger partial charge in [0, 0.05) is 16.0 Å². The van der Waals surface area contributed by atoms with E-state index in [0.717, 1.165) is 21.2 Å². The highest BCUT2D eigenvalue weighted by Gasteiger charge is 2.19. The summed E-state index contributed by atoms with van der Waals surface area (Å²) in [6.07, 6.45) is -0.867. The number of benzene rings is 3. The van der Waals surface area contributed by atoms with Gasteiger partial charge in [-0.2, -0.15) is 0 Å². The van der Waals surface area contributed by atoms with Crippen LogP contribution in [0.2, 0.25) is 0 Å². The number of thioether (sulfide) groups is 1. The molecular formula is C22H21NO3S. The number of hydrogen-bond acceptors (Lipinski definition) is 4. The van der Waals surface area contributed by atoms with Crippen molar-refractivity contribution in [3.05, 3.63) is 72.3 Å². The van der Waals surface area contributed by atoms with Crippen LogP contribution in [0.25, 0.3) is 10.8 Å². The monoisotopic (exact) mass is 379 g/mol. The van der Waals surface area contributed by atoms with Gasteiger partial charge in [0.1, 0.15) is 0 Å². The molecule has 0 fully saturated rings. The van der Waals surface area contributed by atoms with Gasteiger partial charge >= 0.3 is 5.97 Å². The lowest BCUT2D eigenvalue weighted by Crippen LogP contribution is -2.30. The topological polar surface area (TPSA) is 55.4 Å². The number of fused-ring (bicyclic) bond motifs is 1. The van der Waals surface area contributed by atoms with Crippen molar-refractivity contribution in [1.29, 1.82) is 0 Å². The average molecular weight is 379 g/mol. The lowest BCUT2D eigenvalue weighted by atomic mass is 10.1. The Morgan fingerprint density at radius 1 is 1.00 bits per heavy atom. The maximum Gasteiger partial charge on any atom is 0.317 e. The van der Waals surface area contributed by atoms with E-state index in [-0.39, 0.29) is 11.7 Å². The zero-order chi connectivity index (χ0) is 19.2. The Balaban J connectivity index is 1.57. The number of hydrogen-bond donors (Lipinski definition) is 1. The summed E-state index contributed by atoms with van der Waals surface area (Å²) in [6, 6.07) is 21.3. The van der Waals surface area contributed by atoms with Gasteiger partial charge in [-0.15, -0.1) is 11.8 Å². The molecule has 5 heteroatoms. The summed E-state index contributed by atoms with van der Waals surface area (Å²) in [4.78, 5) is 25.5. The first-order valence-corrected chi connectivity index (χ1v) is 9.69. The molecule has 1 atom stereocenters. The van der Waals surface area contributed by atoms with E-state index in [2.05, 4.69) is 5.32 Å². The van der Waals surface area contributed by atoms with Crippen LogP contribution in [0.5, 0.6) is 0 Å². The van der Waals surface area contributed by atoms with E-state index in [9.17, 15) is 9.59 Å². The van der Waals surface area contributed by atoms with E-state index >= 15 is 0 Å². The Morgan fingerprint density at radius 3 is 2.52 bits per heavy atom. The van der Waals surface area contributed by atoms with E-state index in [0.29, 0.717) is 5.69 Å².